The van der Waals surface area contributed by atoms with Crippen LogP contribution in [0.1, 0.15) is 45.6 Å². The van der Waals surface area contributed by atoms with E-state index < -0.39 is 34.8 Å². The molecule has 4 rings (SSSR count). The van der Waals surface area contributed by atoms with E-state index in [2.05, 4.69) is 10.2 Å². The number of nitrogens with zero attached hydrogens (tertiary/aromatic N) is 4. The molecule has 210 valence electrons. The van der Waals surface area contributed by atoms with Gasteiger partial charge in [-0.15, -0.1) is 0 Å². The average Bonchev–Trinajstić information content (AvgIpc) is 2.81. The SMILES string of the molecule is CC(C)(C)[C@]1(C(=O)N2CCN(C(=O)Nc3ccc(C(F)(F)F)cc3)CC2)CN(C2CCC2)CCN1C(=O)O. The number of amides is 4. The second-order valence-corrected chi connectivity index (χ2v) is 11.4. The molecule has 0 aromatic heterocycles. The van der Waals surface area contributed by atoms with Crippen molar-refractivity contribution in [1.29, 1.82) is 0 Å². The summed E-state index contributed by atoms with van der Waals surface area (Å²) in [6.07, 6.45) is -2.34. The van der Waals surface area contributed by atoms with Crippen LogP contribution in [0.25, 0.3) is 0 Å². The van der Waals surface area contributed by atoms with E-state index in [1.165, 1.54) is 21.9 Å². The molecule has 0 spiro atoms. The Morgan fingerprint density at radius 2 is 1.50 bits per heavy atom. The molecule has 1 aromatic rings. The quantitative estimate of drug-likeness (QED) is 0.605. The molecule has 4 amide bonds. The monoisotopic (exact) mass is 539 g/mol. The predicted octanol–water partition coefficient (Wildman–Crippen LogP) is 4.01. The van der Waals surface area contributed by atoms with Gasteiger partial charge in [-0.3, -0.25) is 14.6 Å². The molecular weight excluding hydrogens is 503 g/mol. The number of carbonyl (C=O) groups excluding carboxylic acids is 2. The standard InChI is InChI=1S/C26H36F3N5O4/c1-24(2,3)25(17-33(20-5-4-6-20)15-16-34(25)23(37)38)21(35)31-11-13-32(14-12-31)22(36)30-19-9-7-18(8-10-19)26(27,28)29/h7-10,20H,4-6,11-17H2,1-3H3,(H,30,36)(H,37,38)/t25-/m1/s1. The molecule has 2 N–H and O–H groups in total. The van der Waals surface area contributed by atoms with Crippen LogP contribution in [-0.2, 0) is 11.0 Å². The first-order chi connectivity index (χ1) is 17.7. The Kier molecular flexibility index (Phi) is 7.57. The predicted molar refractivity (Wildman–Crippen MR) is 135 cm³/mol. The summed E-state index contributed by atoms with van der Waals surface area (Å²) >= 11 is 0. The number of halogens is 3. The van der Waals surface area contributed by atoms with Crippen LogP contribution in [0.5, 0.6) is 0 Å². The molecule has 3 fully saturated rings. The number of hydrogen-bond acceptors (Lipinski definition) is 4. The summed E-state index contributed by atoms with van der Waals surface area (Å²) in [5, 5.41) is 12.7. The molecule has 0 radical (unpaired) electrons. The summed E-state index contributed by atoms with van der Waals surface area (Å²) < 4.78 is 38.4. The summed E-state index contributed by atoms with van der Waals surface area (Å²) in [6.45, 7) is 7.79. The third-order valence-corrected chi connectivity index (χ3v) is 8.24. The number of carbonyl (C=O) groups is 3. The van der Waals surface area contributed by atoms with E-state index in [0.717, 1.165) is 31.4 Å². The molecule has 1 aliphatic carbocycles. The van der Waals surface area contributed by atoms with Gasteiger partial charge in [-0.05, 0) is 42.5 Å². The highest BCUT2D eigenvalue weighted by Crippen LogP contribution is 2.42. The van der Waals surface area contributed by atoms with Crippen LogP contribution in [0.4, 0.5) is 28.4 Å². The normalized spacial score (nSPS) is 23.7. The lowest BCUT2D eigenvalue weighted by atomic mass is 9.69. The van der Waals surface area contributed by atoms with Gasteiger partial charge in [-0.2, -0.15) is 13.2 Å². The number of benzene rings is 1. The van der Waals surface area contributed by atoms with Crippen LogP contribution in [0.15, 0.2) is 24.3 Å². The lowest BCUT2D eigenvalue weighted by Crippen LogP contribution is -2.76. The number of alkyl halides is 3. The van der Waals surface area contributed by atoms with Gasteiger partial charge in [0.25, 0.3) is 5.91 Å². The Hall–Kier alpha value is -3.02. The Bertz CT molecular complexity index is 1050. The third-order valence-electron chi connectivity index (χ3n) is 8.24. The fourth-order valence-corrected chi connectivity index (χ4v) is 5.67. The first-order valence-corrected chi connectivity index (χ1v) is 13.0. The molecule has 2 aliphatic heterocycles. The van der Waals surface area contributed by atoms with Crippen LogP contribution in [0.3, 0.4) is 0 Å². The smallest absolute Gasteiger partial charge is 0.416 e. The van der Waals surface area contributed by atoms with E-state index in [9.17, 15) is 32.7 Å². The molecule has 2 saturated heterocycles. The maximum atomic E-state index is 14.2. The van der Waals surface area contributed by atoms with E-state index in [-0.39, 0.29) is 44.3 Å². The van der Waals surface area contributed by atoms with Crippen LogP contribution >= 0.6 is 0 Å². The van der Waals surface area contributed by atoms with Gasteiger partial charge in [-0.1, -0.05) is 27.2 Å². The average molecular weight is 540 g/mol. The Balaban J connectivity index is 1.45. The Morgan fingerprint density at radius 3 is 1.97 bits per heavy atom. The maximum absolute atomic E-state index is 14.2. The molecule has 0 unspecified atom stereocenters. The van der Waals surface area contributed by atoms with Crippen molar-refractivity contribution in [3.63, 3.8) is 0 Å². The molecule has 9 nitrogen and oxygen atoms in total. The van der Waals surface area contributed by atoms with Crippen LogP contribution in [-0.4, -0.2) is 100 Å². The number of hydrogen-bond donors (Lipinski definition) is 2. The van der Waals surface area contributed by atoms with Gasteiger partial charge in [0.2, 0.25) is 0 Å². The van der Waals surface area contributed by atoms with Crippen LogP contribution in [0.2, 0.25) is 0 Å². The summed E-state index contributed by atoms with van der Waals surface area (Å²) in [5.41, 5.74) is -2.51. The van der Waals surface area contributed by atoms with Crippen molar-refractivity contribution in [1.82, 2.24) is 19.6 Å². The Morgan fingerprint density at radius 1 is 0.921 bits per heavy atom. The zero-order valence-electron chi connectivity index (χ0n) is 22.1. The van der Waals surface area contributed by atoms with Crippen molar-refractivity contribution in [2.24, 2.45) is 5.41 Å². The van der Waals surface area contributed by atoms with Crippen LogP contribution < -0.4 is 5.32 Å². The lowest BCUT2D eigenvalue weighted by Gasteiger charge is -2.58. The maximum Gasteiger partial charge on any atom is 0.416 e. The number of nitrogens with one attached hydrogen (secondary N) is 1. The van der Waals surface area contributed by atoms with Crippen molar-refractivity contribution in [3.8, 4) is 0 Å². The molecule has 3 aliphatic rings. The largest absolute Gasteiger partial charge is 0.465 e. The number of rotatable bonds is 3. The minimum Gasteiger partial charge on any atom is -0.465 e. The molecule has 2 heterocycles. The summed E-state index contributed by atoms with van der Waals surface area (Å²) in [4.78, 5) is 46.0. The van der Waals surface area contributed by atoms with Gasteiger partial charge < -0.3 is 20.2 Å². The Labute approximate surface area is 220 Å². The van der Waals surface area contributed by atoms with Crippen molar-refractivity contribution >= 4 is 23.7 Å². The van der Waals surface area contributed by atoms with Gasteiger partial charge in [0, 0.05) is 57.5 Å². The van der Waals surface area contributed by atoms with Gasteiger partial charge in [0.05, 0.1) is 5.56 Å². The molecule has 38 heavy (non-hydrogen) atoms. The third kappa shape index (κ3) is 5.27. The molecule has 1 saturated carbocycles. The number of anilines is 1. The highest BCUT2D eigenvalue weighted by atomic mass is 19.4. The minimum atomic E-state index is -4.46. The molecular formula is C26H36F3N5O4. The first-order valence-electron chi connectivity index (χ1n) is 13.0. The van der Waals surface area contributed by atoms with E-state index in [4.69, 9.17) is 0 Å². The molecule has 0 bridgehead atoms. The van der Waals surface area contributed by atoms with E-state index in [0.29, 0.717) is 19.1 Å². The number of urea groups is 1. The van der Waals surface area contributed by atoms with E-state index >= 15 is 0 Å². The molecule has 1 atom stereocenters. The second kappa shape index (κ2) is 10.3. The topological polar surface area (TPSA) is 96.4 Å². The second-order valence-electron chi connectivity index (χ2n) is 11.4. The van der Waals surface area contributed by atoms with E-state index in [1.807, 2.05) is 20.8 Å². The number of piperazine rings is 2. The van der Waals surface area contributed by atoms with Gasteiger partial charge in [0.15, 0.2) is 0 Å². The highest BCUT2D eigenvalue weighted by Gasteiger charge is 2.59. The van der Waals surface area contributed by atoms with E-state index in [1.54, 1.807) is 4.90 Å². The zero-order valence-corrected chi connectivity index (χ0v) is 22.1. The summed E-state index contributed by atoms with van der Waals surface area (Å²) in [6, 6.07) is 4.11. The first kappa shape index (κ1) is 28.0. The highest BCUT2D eigenvalue weighted by molar-refractivity contribution is 5.92. The van der Waals surface area contributed by atoms with Crippen molar-refractivity contribution in [3.05, 3.63) is 29.8 Å². The van der Waals surface area contributed by atoms with Crippen molar-refractivity contribution < 1.29 is 32.7 Å². The lowest BCUT2D eigenvalue weighted by molar-refractivity contribution is -0.161. The summed E-state index contributed by atoms with van der Waals surface area (Å²) in [7, 11) is 0. The molecule has 12 heteroatoms. The van der Waals surface area contributed by atoms with Crippen molar-refractivity contribution in [2.75, 3.05) is 51.1 Å². The minimum absolute atomic E-state index is 0.220. The van der Waals surface area contributed by atoms with Crippen LogP contribution in [0, 0.1) is 5.41 Å². The number of carboxylic acid groups (broad SMARTS) is 1. The fourth-order valence-electron chi connectivity index (χ4n) is 5.67. The summed E-state index contributed by atoms with van der Waals surface area (Å²) in [5.74, 6) is -0.251. The van der Waals surface area contributed by atoms with Gasteiger partial charge in [0.1, 0.15) is 5.54 Å². The fraction of sp³-hybridized carbons (Fsp3) is 0.654. The zero-order chi connectivity index (χ0) is 27.9. The molecule has 1 aromatic carbocycles. The van der Waals surface area contributed by atoms with Gasteiger partial charge in [-0.25, -0.2) is 9.59 Å². The van der Waals surface area contributed by atoms with Crippen molar-refractivity contribution in [2.45, 2.75) is 57.8 Å². The van der Waals surface area contributed by atoms with Gasteiger partial charge >= 0.3 is 18.3 Å².